The van der Waals surface area contributed by atoms with E-state index in [2.05, 4.69) is 4.98 Å². The number of aromatic amines is 1. The lowest BCUT2D eigenvalue weighted by molar-refractivity contribution is 0.0750. The Hall–Kier alpha value is -1.92. The smallest absolute Gasteiger partial charge is 0.298 e. The molecule has 0 aliphatic rings. The zero-order valence-corrected chi connectivity index (χ0v) is 7.70. The number of rotatable bonds is 1. The van der Waals surface area contributed by atoms with E-state index in [4.69, 9.17) is 11.7 Å². The molecule has 0 spiro atoms. The number of carbonyl (C=O) groups is 1. The van der Waals surface area contributed by atoms with Gasteiger partial charge in [-0.15, -0.1) is 0 Å². The number of nitrogens with two attached hydrogens (primary N) is 2. The van der Waals surface area contributed by atoms with Crippen molar-refractivity contribution in [3.05, 3.63) is 35.8 Å². The van der Waals surface area contributed by atoms with Crippen molar-refractivity contribution < 1.29 is 9.18 Å². The molecule has 2 rings (SSSR count). The molecule has 1 heterocycles. The second-order valence-corrected chi connectivity index (χ2v) is 3.13. The number of aromatic nitrogens is 1. The van der Waals surface area contributed by atoms with Gasteiger partial charge in [0.05, 0.1) is 0 Å². The molecule has 2 aromatic rings. The Morgan fingerprint density at radius 3 is 2.73 bits per heavy atom. The van der Waals surface area contributed by atoms with E-state index in [1.807, 2.05) is 0 Å². The monoisotopic (exact) mass is 208 g/mol. The molecule has 78 valence electrons. The quantitative estimate of drug-likeness (QED) is 0.362. The summed E-state index contributed by atoms with van der Waals surface area (Å²) in [5, 5.41) is 1.07. The molecule has 0 bridgehead atoms. The van der Waals surface area contributed by atoms with Crippen molar-refractivity contribution in [2.24, 2.45) is 11.7 Å². The zero-order chi connectivity index (χ0) is 11.0. The van der Waals surface area contributed by atoms with Crippen LogP contribution in [0.2, 0.25) is 0 Å². The highest BCUT2D eigenvalue weighted by molar-refractivity contribution is 5.97. The lowest BCUT2D eigenvalue weighted by atomic mass is 10.2. The van der Waals surface area contributed by atoms with Gasteiger partial charge in [-0.05, 0) is 24.3 Å². The van der Waals surface area contributed by atoms with Crippen molar-refractivity contribution in [1.82, 2.24) is 10.1 Å². The maximum Gasteiger partial charge on any atom is 0.298 e. The van der Waals surface area contributed by atoms with Crippen molar-refractivity contribution in [3.63, 3.8) is 0 Å². The van der Waals surface area contributed by atoms with Gasteiger partial charge in [0, 0.05) is 10.9 Å². The van der Waals surface area contributed by atoms with Crippen molar-refractivity contribution >= 4 is 16.8 Å². The molecule has 0 radical (unpaired) electrons. The summed E-state index contributed by atoms with van der Waals surface area (Å²) < 4.78 is 12.8. The summed E-state index contributed by atoms with van der Waals surface area (Å²) in [6, 6.07) is 5.65. The number of amides is 1. The molecule has 0 saturated heterocycles. The molecule has 0 atom stereocenters. The Morgan fingerprint density at radius 1 is 1.33 bits per heavy atom. The van der Waals surface area contributed by atoms with Crippen molar-refractivity contribution in [2.45, 2.75) is 0 Å². The van der Waals surface area contributed by atoms with Gasteiger partial charge < -0.3 is 4.98 Å². The Bertz CT molecular complexity index is 520. The van der Waals surface area contributed by atoms with Gasteiger partial charge in [0.15, 0.2) is 0 Å². The lowest BCUT2D eigenvalue weighted by Gasteiger charge is -2.06. The predicted octanol–water partition coefficient (Wildman–Crippen LogP) is 0.497. The summed E-state index contributed by atoms with van der Waals surface area (Å²) in [5.41, 5.74) is 0.877. The van der Waals surface area contributed by atoms with Gasteiger partial charge >= 0.3 is 0 Å². The van der Waals surface area contributed by atoms with E-state index in [0.717, 1.165) is 0 Å². The van der Waals surface area contributed by atoms with E-state index in [1.54, 1.807) is 6.07 Å². The fraction of sp³-hybridized carbons (Fsp3) is 0. The summed E-state index contributed by atoms with van der Waals surface area (Å²) in [7, 11) is 0. The molecule has 6 heteroatoms. The van der Waals surface area contributed by atoms with Gasteiger partial charge in [-0.3, -0.25) is 4.79 Å². The topological polar surface area (TPSA) is 88.1 Å². The first-order valence-electron chi connectivity index (χ1n) is 4.20. The largest absolute Gasteiger partial charge is 0.350 e. The Morgan fingerprint density at radius 2 is 2.07 bits per heavy atom. The minimum Gasteiger partial charge on any atom is -0.350 e. The SMILES string of the molecule is NN(N)C(=O)c1cc2cc(F)ccc2[nH]1. The normalized spacial score (nSPS) is 10.6. The van der Waals surface area contributed by atoms with Crippen LogP contribution in [-0.4, -0.2) is 16.0 Å². The number of nitrogens with zero attached hydrogens (tertiary/aromatic N) is 1. The average Bonchev–Trinajstić information content (AvgIpc) is 2.58. The third-order valence-electron chi connectivity index (χ3n) is 2.05. The number of carbonyl (C=O) groups excluding carboxylic acids is 1. The van der Waals surface area contributed by atoms with Gasteiger partial charge in [-0.2, -0.15) is 0 Å². The minimum atomic E-state index is -0.563. The van der Waals surface area contributed by atoms with E-state index in [0.29, 0.717) is 16.0 Å². The van der Waals surface area contributed by atoms with E-state index in [-0.39, 0.29) is 11.5 Å². The number of H-pyrrole nitrogens is 1. The standard InChI is InChI=1S/C9H9FN4O/c10-6-1-2-7-5(3-6)4-8(13-7)9(15)14(11)12/h1-4,13H,11-12H2. The first-order valence-corrected chi connectivity index (χ1v) is 4.20. The van der Waals surface area contributed by atoms with Crippen LogP contribution in [0.5, 0.6) is 0 Å². The molecule has 0 aliphatic heterocycles. The highest BCUT2D eigenvalue weighted by Crippen LogP contribution is 2.16. The first-order chi connectivity index (χ1) is 7.08. The molecule has 15 heavy (non-hydrogen) atoms. The molecule has 0 unspecified atom stereocenters. The van der Waals surface area contributed by atoms with Gasteiger partial charge in [0.25, 0.3) is 5.91 Å². The van der Waals surface area contributed by atoms with Crippen LogP contribution in [0.4, 0.5) is 4.39 Å². The second kappa shape index (κ2) is 3.34. The van der Waals surface area contributed by atoms with Crippen molar-refractivity contribution in [3.8, 4) is 0 Å². The molecular formula is C9H9FN4O. The molecule has 1 aromatic heterocycles. The van der Waals surface area contributed by atoms with Gasteiger partial charge in [-0.1, -0.05) is 0 Å². The summed E-state index contributed by atoms with van der Waals surface area (Å²) in [6.45, 7) is 0. The van der Waals surface area contributed by atoms with Crippen LogP contribution >= 0.6 is 0 Å². The maximum absolute atomic E-state index is 12.8. The van der Waals surface area contributed by atoms with Crippen LogP contribution in [0.1, 0.15) is 10.5 Å². The highest BCUT2D eigenvalue weighted by atomic mass is 19.1. The number of fused-ring (bicyclic) bond motifs is 1. The van der Waals surface area contributed by atoms with Crippen molar-refractivity contribution in [1.29, 1.82) is 0 Å². The minimum absolute atomic E-state index is 0.223. The molecule has 0 fully saturated rings. The molecule has 5 N–H and O–H groups in total. The summed E-state index contributed by atoms with van der Waals surface area (Å²) in [6.07, 6.45) is 0. The fourth-order valence-corrected chi connectivity index (χ4v) is 1.36. The van der Waals surface area contributed by atoms with Crippen LogP contribution in [0.3, 0.4) is 0 Å². The van der Waals surface area contributed by atoms with Gasteiger partial charge in [0.2, 0.25) is 0 Å². The van der Waals surface area contributed by atoms with Gasteiger partial charge in [-0.25, -0.2) is 21.2 Å². The fourth-order valence-electron chi connectivity index (χ4n) is 1.36. The van der Waals surface area contributed by atoms with E-state index in [9.17, 15) is 9.18 Å². The number of hydrogen-bond donors (Lipinski definition) is 3. The number of halogens is 1. The lowest BCUT2D eigenvalue weighted by Crippen LogP contribution is -2.43. The number of nitrogens with one attached hydrogen (secondary N) is 1. The summed E-state index contributed by atoms with van der Waals surface area (Å²) in [5.74, 6) is 9.25. The van der Waals surface area contributed by atoms with Crippen LogP contribution < -0.4 is 11.7 Å². The Labute approximate surface area is 84.4 Å². The summed E-state index contributed by atoms with van der Waals surface area (Å²) >= 11 is 0. The zero-order valence-electron chi connectivity index (χ0n) is 7.70. The maximum atomic E-state index is 12.8. The van der Waals surface area contributed by atoms with Crippen LogP contribution in [0, 0.1) is 5.82 Å². The molecule has 0 aliphatic carbocycles. The van der Waals surface area contributed by atoms with Crippen LogP contribution in [-0.2, 0) is 0 Å². The predicted molar refractivity (Wildman–Crippen MR) is 52.8 cm³/mol. The van der Waals surface area contributed by atoms with E-state index in [1.165, 1.54) is 18.2 Å². The molecule has 5 nitrogen and oxygen atoms in total. The van der Waals surface area contributed by atoms with Crippen LogP contribution in [0.25, 0.3) is 10.9 Å². The molecular weight excluding hydrogens is 199 g/mol. The van der Waals surface area contributed by atoms with Crippen molar-refractivity contribution in [2.75, 3.05) is 0 Å². The Balaban J connectivity index is 2.52. The average molecular weight is 208 g/mol. The molecule has 1 aromatic carbocycles. The summed E-state index contributed by atoms with van der Waals surface area (Å²) in [4.78, 5) is 14.1. The third-order valence-corrected chi connectivity index (χ3v) is 2.05. The number of hydrazine groups is 2. The van der Waals surface area contributed by atoms with Crippen LogP contribution in [0.15, 0.2) is 24.3 Å². The van der Waals surface area contributed by atoms with E-state index < -0.39 is 5.91 Å². The van der Waals surface area contributed by atoms with E-state index >= 15 is 0 Å². The molecule has 1 amide bonds. The molecule has 0 saturated carbocycles. The highest BCUT2D eigenvalue weighted by Gasteiger charge is 2.12. The number of hydrogen-bond acceptors (Lipinski definition) is 3. The van der Waals surface area contributed by atoms with Gasteiger partial charge in [0.1, 0.15) is 11.5 Å². The second-order valence-electron chi connectivity index (χ2n) is 3.13. The first kappa shape index (κ1) is 9.63. The Kier molecular flexibility index (Phi) is 2.14. The third kappa shape index (κ3) is 1.67. The number of benzene rings is 1.